The summed E-state index contributed by atoms with van der Waals surface area (Å²) < 4.78 is 5.87. The van der Waals surface area contributed by atoms with E-state index in [1.807, 2.05) is 11.8 Å². The van der Waals surface area contributed by atoms with Gasteiger partial charge in [-0.25, -0.2) is 0 Å². The minimum absolute atomic E-state index is 0.373. The molecule has 1 aliphatic heterocycles. The monoisotopic (exact) mass is 289 g/mol. The average Bonchev–Trinajstić information content (AvgIpc) is 2.75. The standard InChI is InChI=1S/C15H31NO2S/c1-13(2)6-4-8-18-11-14(17)10-16-12-15(3)7-5-9-19-15/h13-14,16-17H,4-12H2,1-3H3. The lowest BCUT2D eigenvalue weighted by atomic mass is 10.1. The smallest absolute Gasteiger partial charge is 0.0897 e. The van der Waals surface area contributed by atoms with Crippen molar-refractivity contribution >= 4 is 11.8 Å². The molecule has 0 aromatic rings. The SMILES string of the molecule is CC(C)CCCOCC(O)CNCC1(C)CCCS1. The fourth-order valence-corrected chi connectivity index (χ4v) is 3.63. The minimum Gasteiger partial charge on any atom is -0.389 e. The molecule has 1 aliphatic rings. The third kappa shape index (κ3) is 8.18. The molecule has 1 fully saturated rings. The molecule has 0 aromatic carbocycles. The first-order valence-electron chi connectivity index (χ1n) is 7.62. The molecule has 2 unspecified atom stereocenters. The van der Waals surface area contributed by atoms with Crippen LogP contribution in [0.5, 0.6) is 0 Å². The molecular formula is C15H31NO2S. The summed E-state index contributed by atoms with van der Waals surface area (Å²) >= 11 is 2.05. The minimum atomic E-state index is -0.381. The van der Waals surface area contributed by atoms with Crippen LogP contribution < -0.4 is 5.32 Å². The summed E-state index contributed by atoms with van der Waals surface area (Å²) in [6.45, 7) is 9.60. The molecule has 114 valence electrons. The molecule has 0 amide bonds. The fourth-order valence-electron chi connectivity index (χ4n) is 2.35. The van der Waals surface area contributed by atoms with Crippen LogP contribution >= 0.6 is 11.8 Å². The highest BCUT2D eigenvalue weighted by Crippen LogP contribution is 2.36. The molecule has 0 aliphatic carbocycles. The summed E-state index contributed by atoms with van der Waals surface area (Å²) in [4.78, 5) is 0. The Hall–Kier alpha value is 0.230. The van der Waals surface area contributed by atoms with E-state index in [1.165, 1.54) is 25.0 Å². The van der Waals surface area contributed by atoms with E-state index < -0.39 is 0 Å². The number of hydrogen-bond donors (Lipinski definition) is 2. The second kappa shape index (κ2) is 9.22. The van der Waals surface area contributed by atoms with Crippen LogP contribution in [-0.4, -0.2) is 48.0 Å². The second-order valence-electron chi connectivity index (χ2n) is 6.30. The molecule has 0 aromatic heterocycles. The Morgan fingerprint density at radius 3 is 2.84 bits per heavy atom. The predicted octanol–water partition coefficient (Wildman–Crippen LogP) is 2.68. The van der Waals surface area contributed by atoms with Gasteiger partial charge in [-0.05, 0) is 44.3 Å². The van der Waals surface area contributed by atoms with Crippen molar-refractivity contribution in [2.75, 3.05) is 32.1 Å². The maximum Gasteiger partial charge on any atom is 0.0897 e. The van der Waals surface area contributed by atoms with E-state index in [1.54, 1.807) is 0 Å². The van der Waals surface area contributed by atoms with Crippen molar-refractivity contribution in [2.45, 2.75) is 57.3 Å². The van der Waals surface area contributed by atoms with Crippen LogP contribution in [-0.2, 0) is 4.74 Å². The molecule has 4 heteroatoms. The number of aliphatic hydroxyl groups excluding tert-OH is 1. The molecule has 3 nitrogen and oxygen atoms in total. The van der Waals surface area contributed by atoms with Crippen LogP contribution in [0.1, 0.15) is 46.5 Å². The van der Waals surface area contributed by atoms with Crippen LogP contribution in [0.2, 0.25) is 0 Å². The highest BCUT2D eigenvalue weighted by Gasteiger charge is 2.28. The first kappa shape index (κ1) is 17.3. The number of aliphatic hydroxyl groups is 1. The molecule has 0 saturated carbocycles. The number of rotatable bonds is 10. The van der Waals surface area contributed by atoms with Crippen molar-refractivity contribution in [2.24, 2.45) is 5.92 Å². The second-order valence-corrected chi connectivity index (χ2v) is 7.98. The van der Waals surface area contributed by atoms with Crippen molar-refractivity contribution in [3.05, 3.63) is 0 Å². The molecular weight excluding hydrogens is 258 g/mol. The van der Waals surface area contributed by atoms with E-state index in [0.29, 0.717) is 17.9 Å². The number of hydrogen-bond acceptors (Lipinski definition) is 4. The summed E-state index contributed by atoms with van der Waals surface area (Å²) in [6.07, 6.45) is 4.52. The Balaban J connectivity index is 1.94. The zero-order valence-electron chi connectivity index (χ0n) is 12.8. The normalized spacial score (nSPS) is 25.1. The quantitative estimate of drug-likeness (QED) is 0.607. The van der Waals surface area contributed by atoms with E-state index in [-0.39, 0.29) is 6.10 Å². The highest BCUT2D eigenvalue weighted by molar-refractivity contribution is 8.00. The van der Waals surface area contributed by atoms with E-state index >= 15 is 0 Å². The van der Waals surface area contributed by atoms with Crippen molar-refractivity contribution in [1.82, 2.24) is 5.32 Å². The zero-order valence-corrected chi connectivity index (χ0v) is 13.6. The third-order valence-electron chi connectivity index (χ3n) is 3.56. The summed E-state index contributed by atoms with van der Waals surface area (Å²) in [6, 6.07) is 0. The summed E-state index contributed by atoms with van der Waals surface area (Å²) in [5.41, 5.74) is 0. The van der Waals surface area contributed by atoms with Gasteiger partial charge < -0.3 is 15.2 Å². The van der Waals surface area contributed by atoms with E-state index in [0.717, 1.165) is 25.5 Å². The first-order valence-corrected chi connectivity index (χ1v) is 8.61. The van der Waals surface area contributed by atoms with Gasteiger partial charge in [-0.15, -0.1) is 0 Å². The summed E-state index contributed by atoms with van der Waals surface area (Å²) in [5, 5.41) is 13.2. The van der Waals surface area contributed by atoms with Gasteiger partial charge in [0.25, 0.3) is 0 Å². The number of thioether (sulfide) groups is 1. The average molecular weight is 289 g/mol. The van der Waals surface area contributed by atoms with Crippen LogP contribution in [0, 0.1) is 5.92 Å². The first-order chi connectivity index (χ1) is 9.02. The maximum absolute atomic E-state index is 9.82. The van der Waals surface area contributed by atoms with Crippen LogP contribution in [0.25, 0.3) is 0 Å². The Bertz CT molecular complexity index is 230. The number of ether oxygens (including phenoxy) is 1. The topological polar surface area (TPSA) is 41.5 Å². The van der Waals surface area contributed by atoms with Crippen molar-refractivity contribution in [3.63, 3.8) is 0 Å². The molecule has 0 bridgehead atoms. The molecule has 0 radical (unpaired) electrons. The highest BCUT2D eigenvalue weighted by atomic mass is 32.2. The molecule has 0 spiro atoms. The van der Waals surface area contributed by atoms with Crippen molar-refractivity contribution in [1.29, 1.82) is 0 Å². The molecule has 1 rings (SSSR count). The van der Waals surface area contributed by atoms with Gasteiger partial charge in [0.05, 0.1) is 12.7 Å². The van der Waals surface area contributed by atoms with E-state index in [4.69, 9.17) is 4.74 Å². The van der Waals surface area contributed by atoms with E-state index in [9.17, 15) is 5.11 Å². The van der Waals surface area contributed by atoms with Gasteiger partial charge in [-0.1, -0.05) is 13.8 Å². The van der Waals surface area contributed by atoms with Gasteiger partial charge in [-0.3, -0.25) is 0 Å². The van der Waals surface area contributed by atoms with Crippen molar-refractivity contribution in [3.8, 4) is 0 Å². The Morgan fingerprint density at radius 1 is 1.42 bits per heavy atom. The summed E-state index contributed by atoms with van der Waals surface area (Å²) in [7, 11) is 0. The van der Waals surface area contributed by atoms with Crippen LogP contribution in [0.4, 0.5) is 0 Å². The Morgan fingerprint density at radius 2 is 2.21 bits per heavy atom. The largest absolute Gasteiger partial charge is 0.389 e. The number of nitrogens with one attached hydrogen (secondary N) is 1. The Labute approximate surface area is 122 Å². The van der Waals surface area contributed by atoms with Gasteiger partial charge in [0.15, 0.2) is 0 Å². The predicted molar refractivity (Wildman–Crippen MR) is 83.9 cm³/mol. The zero-order chi connectivity index (χ0) is 14.1. The molecule has 2 N–H and O–H groups in total. The Kier molecular flexibility index (Phi) is 8.38. The molecule has 1 saturated heterocycles. The van der Waals surface area contributed by atoms with Crippen LogP contribution in [0.3, 0.4) is 0 Å². The van der Waals surface area contributed by atoms with Crippen molar-refractivity contribution < 1.29 is 9.84 Å². The lowest BCUT2D eigenvalue weighted by molar-refractivity contribution is 0.0346. The van der Waals surface area contributed by atoms with Gasteiger partial charge in [0.2, 0.25) is 0 Å². The van der Waals surface area contributed by atoms with Gasteiger partial charge in [0, 0.05) is 24.4 Å². The van der Waals surface area contributed by atoms with Crippen LogP contribution in [0.15, 0.2) is 0 Å². The lowest BCUT2D eigenvalue weighted by Crippen LogP contribution is -2.38. The summed E-state index contributed by atoms with van der Waals surface area (Å²) in [5.74, 6) is 2.01. The molecule has 1 heterocycles. The van der Waals surface area contributed by atoms with E-state index in [2.05, 4.69) is 26.1 Å². The third-order valence-corrected chi connectivity index (χ3v) is 5.10. The van der Waals surface area contributed by atoms with Gasteiger partial charge in [-0.2, -0.15) is 11.8 Å². The van der Waals surface area contributed by atoms with Gasteiger partial charge in [0.1, 0.15) is 0 Å². The molecule has 2 atom stereocenters. The fraction of sp³-hybridized carbons (Fsp3) is 1.00. The van der Waals surface area contributed by atoms with Gasteiger partial charge >= 0.3 is 0 Å². The lowest BCUT2D eigenvalue weighted by Gasteiger charge is -2.24. The molecule has 19 heavy (non-hydrogen) atoms. The maximum atomic E-state index is 9.82.